The van der Waals surface area contributed by atoms with Crippen molar-refractivity contribution in [2.24, 2.45) is 5.73 Å². The Morgan fingerprint density at radius 2 is 2.00 bits per heavy atom. The van der Waals surface area contributed by atoms with E-state index >= 15 is 0 Å². The van der Waals surface area contributed by atoms with E-state index in [1.54, 1.807) is 13.0 Å². The molecule has 1 atom stereocenters. The predicted octanol–water partition coefficient (Wildman–Crippen LogP) is 1.30. The van der Waals surface area contributed by atoms with Crippen LogP contribution in [0, 0.1) is 6.92 Å². The molecule has 1 unspecified atom stereocenters. The van der Waals surface area contributed by atoms with Gasteiger partial charge in [-0.3, -0.25) is 0 Å². The molecule has 13 heavy (non-hydrogen) atoms. The average Bonchev–Trinajstić information content (AvgIpc) is 1.98. The first kappa shape index (κ1) is 9.86. The van der Waals surface area contributed by atoms with Gasteiger partial charge < -0.3 is 15.9 Å². The number of aryl methyl sites for hydroxylation is 1. The molecule has 72 valence electrons. The van der Waals surface area contributed by atoms with Crippen molar-refractivity contribution in [2.75, 3.05) is 0 Å². The number of aromatic hydroxyl groups is 2. The minimum absolute atomic E-state index is 0.0212. The summed E-state index contributed by atoms with van der Waals surface area (Å²) in [5.41, 5.74) is 6.98. The number of benzene rings is 1. The molecule has 0 aromatic heterocycles. The molecular weight excluding hydrogens is 166 g/mol. The lowest BCUT2D eigenvalue weighted by molar-refractivity contribution is 0.448. The van der Waals surface area contributed by atoms with Gasteiger partial charge in [0.25, 0.3) is 0 Å². The van der Waals surface area contributed by atoms with Crippen LogP contribution in [0.1, 0.15) is 18.1 Å². The molecule has 0 spiro atoms. The summed E-state index contributed by atoms with van der Waals surface area (Å²) in [4.78, 5) is 0. The van der Waals surface area contributed by atoms with E-state index < -0.39 is 0 Å². The van der Waals surface area contributed by atoms with Gasteiger partial charge in [0.2, 0.25) is 0 Å². The van der Waals surface area contributed by atoms with Gasteiger partial charge in [-0.25, -0.2) is 0 Å². The van der Waals surface area contributed by atoms with E-state index in [-0.39, 0.29) is 17.5 Å². The van der Waals surface area contributed by atoms with E-state index in [9.17, 15) is 10.2 Å². The zero-order valence-electron chi connectivity index (χ0n) is 7.91. The maximum absolute atomic E-state index is 9.60. The second-order valence-corrected chi connectivity index (χ2v) is 3.45. The van der Waals surface area contributed by atoms with Crippen LogP contribution in [-0.2, 0) is 6.42 Å². The highest BCUT2D eigenvalue weighted by Gasteiger charge is 2.08. The molecular formula is C10H15NO2. The third-order valence-electron chi connectivity index (χ3n) is 1.91. The van der Waals surface area contributed by atoms with Crippen molar-refractivity contribution in [3.8, 4) is 11.5 Å². The fourth-order valence-corrected chi connectivity index (χ4v) is 1.33. The van der Waals surface area contributed by atoms with Crippen molar-refractivity contribution < 1.29 is 10.2 Å². The van der Waals surface area contributed by atoms with Crippen molar-refractivity contribution in [1.82, 2.24) is 0 Å². The van der Waals surface area contributed by atoms with Crippen molar-refractivity contribution >= 4 is 0 Å². The van der Waals surface area contributed by atoms with Crippen LogP contribution in [0.4, 0.5) is 0 Å². The molecule has 0 aliphatic rings. The first-order chi connectivity index (χ1) is 6.00. The van der Waals surface area contributed by atoms with Crippen molar-refractivity contribution in [2.45, 2.75) is 26.3 Å². The Labute approximate surface area is 77.8 Å². The highest BCUT2D eigenvalue weighted by Crippen LogP contribution is 2.27. The zero-order chi connectivity index (χ0) is 10.0. The quantitative estimate of drug-likeness (QED) is 0.602. The molecule has 1 aromatic carbocycles. The minimum Gasteiger partial charge on any atom is -0.508 e. The first-order valence-corrected chi connectivity index (χ1v) is 4.27. The molecule has 3 nitrogen and oxygen atoms in total. The molecule has 0 radical (unpaired) electrons. The number of phenols is 2. The summed E-state index contributed by atoms with van der Waals surface area (Å²) in [6.07, 6.45) is 0.571. The molecule has 4 N–H and O–H groups in total. The van der Waals surface area contributed by atoms with Gasteiger partial charge in [0, 0.05) is 6.04 Å². The molecule has 0 saturated heterocycles. The minimum atomic E-state index is -0.0212. The molecule has 1 rings (SSSR count). The Hall–Kier alpha value is -1.22. The van der Waals surface area contributed by atoms with Gasteiger partial charge in [0.1, 0.15) is 11.5 Å². The van der Waals surface area contributed by atoms with Gasteiger partial charge in [-0.1, -0.05) is 0 Å². The van der Waals surface area contributed by atoms with Crippen LogP contribution in [0.15, 0.2) is 12.1 Å². The summed E-state index contributed by atoms with van der Waals surface area (Å²) >= 11 is 0. The van der Waals surface area contributed by atoms with Gasteiger partial charge in [0.15, 0.2) is 0 Å². The lowest BCUT2D eigenvalue weighted by Gasteiger charge is -2.10. The largest absolute Gasteiger partial charge is 0.508 e. The Bertz CT molecular complexity index is 308. The van der Waals surface area contributed by atoms with Gasteiger partial charge >= 0.3 is 0 Å². The van der Waals surface area contributed by atoms with Crippen LogP contribution in [-0.4, -0.2) is 16.3 Å². The highest BCUT2D eigenvalue weighted by atomic mass is 16.3. The Kier molecular flexibility index (Phi) is 2.78. The smallest absolute Gasteiger partial charge is 0.121 e. The van der Waals surface area contributed by atoms with E-state index in [0.717, 1.165) is 0 Å². The summed E-state index contributed by atoms with van der Waals surface area (Å²) in [5, 5.41) is 18.9. The van der Waals surface area contributed by atoms with Gasteiger partial charge in [0.05, 0.1) is 0 Å². The summed E-state index contributed by atoms with van der Waals surface area (Å²) in [6.45, 7) is 3.61. The zero-order valence-corrected chi connectivity index (χ0v) is 7.91. The molecule has 0 bridgehead atoms. The van der Waals surface area contributed by atoms with Crippen LogP contribution in [0.25, 0.3) is 0 Å². The van der Waals surface area contributed by atoms with Crippen LogP contribution >= 0.6 is 0 Å². The molecule has 0 amide bonds. The van der Waals surface area contributed by atoms with E-state index in [1.807, 2.05) is 6.92 Å². The normalized spacial score (nSPS) is 12.8. The number of rotatable bonds is 2. The van der Waals surface area contributed by atoms with E-state index in [1.165, 1.54) is 6.07 Å². The highest BCUT2D eigenvalue weighted by molar-refractivity contribution is 5.45. The molecule has 1 aromatic rings. The SMILES string of the molecule is Cc1cc(O)cc(CC(C)N)c1O. The van der Waals surface area contributed by atoms with Crippen LogP contribution in [0.5, 0.6) is 11.5 Å². The molecule has 0 aliphatic heterocycles. The number of phenolic OH excluding ortho intramolecular Hbond substituents is 2. The Balaban J connectivity index is 3.05. The molecule has 0 aliphatic carbocycles. The topological polar surface area (TPSA) is 66.5 Å². The lowest BCUT2D eigenvalue weighted by atomic mass is 10.0. The van der Waals surface area contributed by atoms with Crippen molar-refractivity contribution in [1.29, 1.82) is 0 Å². The lowest BCUT2D eigenvalue weighted by Crippen LogP contribution is -2.17. The third kappa shape index (κ3) is 2.36. The van der Waals surface area contributed by atoms with Crippen LogP contribution in [0.2, 0.25) is 0 Å². The van der Waals surface area contributed by atoms with Crippen molar-refractivity contribution in [3.63, 3.8) is 0 Å². The second kappa shape index (κ2) is 3.66. The summed E-state index contributed by atoms with van der Waals surface area (Å²) in [7, 11) is 0. The molecule has 0 heterocycles. The molecule has 3 heteroatoms. The summed E-state index contributed by atoms with van der Waals surface area (Å²) in [5.74, 6) is 0.404. The third-order valence-corrected chi connectivity index (χ3v) is 1.91. The number of hydrogen-bond acceptors (Lipinski definition) is 3. The van der Waals surface area contributed by atoms with Crippen LogP contribution in [0.3, 0.4) is 0 Å². The average molecular weight is 181 g/mol. The van der Waals surface area contributed by atoms with E-state index in [4.69, 9.17) is 5.73 Å². The van der Waals surface area contributed by atoms with E-state index in [0.29, 0.717) is 17.5 Å². The summed E-state index contributed by atoms with van der Waals surface area (Å²) in [6, 6.07) is 3.05. The van der Waals surface area contributed by atoms with Gasteiger partial charge in [-0.2, -0.15) is 0 Å². The second-order valence-electron chi connectivity index (χ2n) is 3.45. The van der Waals surface area contributed by atoms with Crippen LogP contribution < -0.4 is 5.73 Å². The van der Waals surface area contributed by atoms with Gasteiger partial charge in [-0.15, -0.1) is 0 Å². The first-order valence-electron chi connectivity index (χ1n) is 4.27. The van der Waals surface area contributed by atoms with Crippen molar-refractivity contribution in [3.05, 3.63) is 23.3 Å². The Morgan fingerprint density at radius 3 is 2.54 bits per heavy atom. The number of nitrogens with two attached hydrogens (primary N) is 1. The fourth-order valence-electron chi connectivity index (χ4n) is 1.33. The maximum Gasteiger partial charge on any atom is 0.121 e. The monoisotopic (exact) mass is 181 g/mol. The molecule has 0 fully saturated rings. The summed E-state index contributed by atoms with van der Waals surface area (Å²) < 4.78 is 0. The maximum atomic E-state index is 9.60. The molecule has 0 saturated carbocycles. The van der Waals surface area contributed by atoms with E-state index in [2.05, 4.69) is 0 Å². The predicted molar refractivity (Wildman–Crippen MR) is 51.9 cm³/mol. The van der Waals surface area contributed by atoms with Gasteiger partial charge in [-0.05, 0) is 43.5 Å². The standard InChI is InChI=1S/C10H15NO2/c1-6-3-9(12)5-8(10(6)13)4-7(2)11/h3,5,7,12-13H,4,11H2,1-2H3. The number of hydrogen-bond donors (Lipinski definition) is 3. The Morgan fingerprint density at radius 1 is 1.38 bits per heavy atom. The fraction of sp³-hybridized carbons (Fsp3) is 0.400.